The Bertz CT molecular complexity index is 985. The molecular weight excluding hydrogens is 336 g/mol. The van der Waals surface area contributed by atoms with E-state index in [1.165, 1.54) is 0 Å². The fourth-order valence-corrected chi connectivity index (χ4v) is 4.24. The molecule has 0 amide bonds. The Morgan fingerprint density at radius 2 is 1.81 bits per heavy atom. The van der Waals surface area contributed by atoms with Gasteiger partial charge in [-0.3, -0.25) is 4.79 Å². The summed E-state index contributed by atoms with van der Waals surface area (Å²) in [6, 6.07) is 19.1. The summed E-state index contributed by atoms with van der Waals surface area (Å²) in [7, 11) is 0. The Hall–Kier alpha value is -3.32. The molecule has 2 aromatic rings. The van der Waals surface area contributed by atoms with Gasteiger partial charge in [0.15, 0.2) is 5.78 Å². The highest BCUT2D eigenvalue weighted by Gasteiger charge is 2.42. The molecule has 4 heteroatoms. The standard InChI is InChI=1S/C23H20N2O2/c1-14-19(13-24)22(16-8-5-9-18(26)10-16)23-20(25-14)11-17(12-21(23)27)15-6-3-2-4-7-15/h2-10,17,19,22,25-26H,1,11-12H2. The van der Waals surface area contributed by atoms with Crippen molar-refractivity contribution in [1.29, 1.82) is 5.26 Å². The summed E-state index contributed by atoms with van der Waals surface area (Å²) in [4.78, 5) is 13.1. The van der Waals surface area contributed by atoms with Crippen LogP contribution in [0.1, 0.15) is 35.8 Å². The van der Waals surface area contributed by atoms with Crippen molar-refractivity contribution >= 4 is 5.78 Å². The fraction of sp³-hybridized carbons (Fsp3) is 0.217. The molecule has 4 nitrogen and oxygen atoms in total. The lowest BCUT2D eigenvalue weighted by Gasteiger charge is -2.38. The Balaban J connectivity index is 1.80. The van der Waals surface area contributed by atoms with Crippen LogP contribution in [0.3, 0.4) is 0 Å². The van der Waals surface area contributed by atoms with Crippen molar-refractivity contribution < 1.29 is 9.90 Å². The zero-order chi connectivity index (χ0) is 19.0. The van der Waals surface area contributed by atoms with Crippen LogP contribution in [-0.4, -0.2) is 10.9 Å². The normalized spacial score (nSPS) is 24.8. The number of rotatable bonds is 2. The van der Waals surface area contributed by atoms with E-state index in [1.54, 1.807) is 18.2 Å². The largest absolute Gasteiger partial charge is 0.508 e. The van der Waals surface area contributed by atoms with Crippen molar-refractivity contribution in [1.82, 2.24) is 5.32 Å². The SMILES string of the molecule is C=C1NC2=C(C(=O)CC(c3ccccc3)C2)C(c2cccc(O)c2)C1C#N. The Labute approximate surface area is 158 Å². The Kier molecular flexibility index (Phi) is 4.29. The first-order valence-electron chi connectivity index (χ1n) is 9.04. The second-order valence-electron chi connectivity index (χ2n) is 7.16. The highest BCUT2D eigenvalue weighted by molar-refractivity contribution is 5.99. The summed E-state index contributed by atoms with van der Waals surface area (Å²) in [5, 5.41) is 22.9. The van der Waals surface area contributed by atoms with E-state index >= 15 is 0 Å². The molecule has 0 bridgehead atoms. The molecule has 1 heterocycles. The van der Waals surface area contributed by atoms with Crippen LogP contribution in [0.25, 0.3) is 0 Å². The molecule has 2 N–H and O–H groups in total. The van der Waals surface area contributed by atoms with E-state index in [9.17, 15) is 15.2 Å². The molecule has 0 fully saturated rings. The van der Waals surface area contributed by atoms with Gasteiger partial charge < -0.3 is 10.4 Å². The first-order chi connectivity index (χ1) is 13.1. The zero-order valence-electron chi connectivity index (χ0n) is 14.9. The van der Waals surface area contributed by atoms with Crippen molar-refractivity contribution in [3.8, 4) is 11.8 Å². The molecule has 2 aliphatic rings. The van der Waals surface area contributed by atoms with Gasteiger partial charge in [0, 0.05) is 29.3 Å². The van der Waals surface area contributed by atoms with Gasteiger partial charge in [-0.05, 0) is 35.6 Å². The number of hydrogen-bond donors (Lipinski definition) is 2. The molecule has 27 heavy (non-hydrogen) atoms. The predicted molar refractivity (Wildman–Crippen MR) is 103 cm³/mol. The molecule has 3 unspecified atom stereocenters. The topological polar surface area (TPSA) is 73.1 Å². The minimum Gasteiger partial charge on any atom is -0.508 e. The number of phenols is 1. The van der Waals surface area contributed by atoms with Crippen LogP contribution in [-0.2, 0) is 4.79 Å². The second-order valence-corrected chi connectivity index (χ2v) is 7.16. The number of aromatic hydroxyl groups is 1. The van der Waals surface area contributed by atoms with E-state index in [-0.39, 0.29) is 17.5 Å². The van der Waals surface area contributed by atoms with Crippen molar-refractivity contribution in [2.45, 2.75) is 24.7 Å². The number of ketones is 1. The fourth-order valence-electron chi connectivity index (χ4n) is 4.24. The average Bonchev–Trinajstić information content (AvgIpc) is 2.67. The third-order valence-electron chi connectivity index (χ3n) is 5.48. The van der Waals surface area contributed by atoms with Crippen LogP contribution in [0.4, 0.5) is 0 Å². The molecule has 4 rings (SSSR count). The highest BCUT2D eigenvalue weighted by atomic mass is 16.3. The molecule has 0 spiro atoms. The summed E-state index contributed by atoms with van der Waals surface area (Å²) in [6.45, 7) is 4.04. The first kappa shape index (κ1) is 17.1. The molecule has 1 aliphatic carbocycles. The molecule has 3 atom stereocenters. The number of nitrogens with one attached hydrogen (secondary N) is 1. The van der Waals surface area contributed by atoms with E-state index in [0.717, 1.165) is 16.8 Å². The lowest BCUT2D eigenvalue weighted by atomic mass is 9.69. The lowest BCUT2D eigenvalue weighted by Crippen LogP contribution is -2.38. The number of carbonyl (C=O) groups is 1. The van der Waals surface area contributed by atoms with Crippen LogP contribution in [0, 0.1) is 17.2 Å². The van der Waals surface area contributed by atoms with E-state index in [2.05, 4.69) is 18.0 Å². The van der Waals surface area contributed by atoms with Gasteiger partial charge in [-0.15, -0.1) is 0 Å². The number of benzene rings is 2. The number of nitrogens with zero attached hydrogens (tertiary/aromatic N) is 1. The van der Waals surface area contributed by atoms with Crippen molar-refractivity contribution in [2.75, 3.05) is 0 Å². The molecule has 134 valence electrons. The zero-order valence-corrected chi connectivity index (χ0v) is 14.9. The number of hydrogen-bond acceptors (Lipinski definition) is 4. The minimum absolute atomic E-state index is 0.0543. The number of phenolic OH excluding ortho intramolecular Hbond substituents is 1. The van der Waals surface area contributed by atoms with E-state index in [1.807, 2.05) is 36.4 Å². The first-order valence-corrected chi connectivity index (χ1v) is 9.04. The van der Waals surface area contributed by atoms with Crippen molar-refractivity contribution in [2.24, 2.45) is 5.92 Å². The third kappa shape index (κ3) is 3.02. The number of Topliss-reactive ketones (excluding diaryl/α,β-unsaturated/α-hetero) is 1. The van der Waals surface area contributed by atoms with E-state index < -0.39 is 11.8 Å². The molecule has 2 aromatic carbocycles. The van der Waals surface area contributed by atoms with Gasteiger partial charge >= 0.3 is 0 Å². The summed E-state index contributed by atoms with van der Waals surface area (Å²) >= 11 is 0. The lowest BCUT2D eigenvalue weighted by molar-refractivity contribution is -0.116. The van der Waals surface area contributed by atoms with Gasteiger partial charge in [-0.2, -0.15) is 5.26 Å². The van der Waals surface area contributed by atoms with Gasteiger partial charge in [-0.1, -0.05) is 49.0 Å². The molecular formula is C23H20N2O2. The molecule has 1 aliphatic heterocycles. The van der Waals surface area contributed by atoms with Crippen molar-refractivity contribution in [3.63, 3.8) is 0 Å². The van der Waals surface area contributed by atoms with Crippen LogP contribution in [0.15, 0.2) is 78.1 Å². The van der Waals surface area contributed by atoms with Gasteiger partial charge in [0.1, 0.15) is 5.75 Å². The van der Waals surface area contributed by atoms with E-state index in [4.69, 9.17) is 0 Å². The van der Waals surface area contributed by atoms with Gasteiger partial charge in [0.2, 0.25) is 0 Å². The predicted octanol–water partition coefficient (Wildman–Crippen LogP) is 4.13. The van der Waals surface area contributed by atoms with E-state index in [0.29, 0.717) is 24.1 Å². The highest BCUT2D eigenvalue weighted by Crippen LogP contribution is 2.46. The maximum Gasteiger partial charge on any atom is 0.161 e. The number of allylic oxidation sites excluding steroid dienone is 3. The molecule has 0 radical (unpaired) electrons. The van der Waals surface area contributed by atoms with Crippen LogP contribution < -0.4 is 5.32 Å². The maximum atomic E-state index is 13.1. The second kappa shape index (κ2) is 6.77. The summed E-state index contributed by atoms with van der Waals surface area (Å²) < 4.78 is 0. The third-order valence-corrected chi connectivity index (χ3v) is 5.48. The monoisotopic (exact) mass is 356 g/mol. The van der Waals surface area contributed by atoms with Crippen LogP contribution in [0.2, 0.25) is 0 Å². The smallest absolute Gasteiger partial charge is 0.161 e. The average molecular weight is 356 g/mol. The van der Waals surface area contributed by atoms with Crippen molar-refractivity contribution in [3.05, 3.63) is 89.3 Å². The van der Waals surface area contributed by atoms with Gasteiger partial charge in [0.25, 0.3) is 0 Å². The maximum absolute atomic E-state index is 13.1. The summed E-state index contributed by atoms with van der Waals surface area (Å²) in [6.07, 6.45) is 1.13. The Morgan fingerprint density at radius 1 is 1.07 bits per heavy atom. The molecule has 0 saturated carbocycles. The minimum atomic E-state index is -0.553. The quantitative estimate of drug-likeness (QED) is 0.848. The molecule has 0 saturated heterocycles. The summed E-state index contributed by atoms with van der Waals surface area (Å²) in [5.74, 6) is -0.668. The van der Waals surface area contributed by atoms with Crippen LogP contribution >= 0.6 is 0 Å². The van der Waals surface area contributed by atoms with Gasteiger partial charge in [0.05, 0.1) is 12.0 Å². The number of carbonyl (C=O) groups excluding carboxylic acids is 1. The van der Waals surface area contributed by atoms with Gasteiger partial charge in [-0.25, -0.2) is 0 Å². The number of nitriles is 1. The van der Waals surface area contributed by atoms with Crippen LogP contribution in [0.5, 0.6) is 5.75 Å². The Morgan fingerprint density at radius 3 is 2.52 bits per heavy atom. The molecule has 0 aromatic heterocycles. The summed E-state index contributed by atoms with van der Waals surface area (Å²) in [5.41, 5.74) is 4.02.